The van der Waals surface area contributed by atoms with Crippen molar-refractivity contribution in [3.63, 3.8) is 0 Å². The van der Waals surface area contributed by atoms with E-state index in [1.165, 1.54) is 12.7 Å². The van der Waals surface area contributed by atoms with Crippen LogP contribution in [0.15, 0.2) is 54.6 Å². The van der Waals surface area contributed by atoms with Crippen molar-refractivity contribution in [3.05, 3.63) is 60.2 Å². The van der Waals surface area contributed by atoms with Gasteiger partial charge in [0, 0.05) is 12.3 Å². The number of benzene rings is 1. The average molecular weight is 745 g/mol. The fourth-order valence-electron chi connectivity index (χ4n) is 5.83. The Bertz CT molecular complexity index is 1230. The molecule has 50 heavy (non-hydrogen) atoms. The van der Waals surface area contributed by atoms with Crippen molar-refractivity contribution >= 4 is 30.9 Å². The minimum absolute atomic E-state index is 0.0273. The molecule has 0 bridgehead atoms. The molecule has 0 spiro atoms. The molecular weight excluding hydrogens is 669 g/mol. The van der Waals surface area contributed by atoms with E-state index in [9.17, 15) is 4.79 Å². The summed E-state index contributed by atoms with van der Waals surface area (Å²) < 4.78 is 26.7. The first-order chi connectivity index (χ1) is 22.8. The smallest absolute Gasteiger partial charge is 0.305 e. The first-order valence-corrected chi connectivity index (χ1v) is 28.0. The van der Waals surface area contributed by atoms with Crippen LogP contribution in [0.25, 0.3) is 0 Å². The zero-order chi connectivity index (χ0) is 38.2. The van der Waals surface area contributed by atoms with E-state index in [-0.39, 0.29) is 51.2 Å². The van der Waals surface area contributed by atoms with Crippen LogP contribution < -0.4 is 0 Å². The van der Waals surface area contributed by atoms with E-state index in [1.807, 2.05) is 0 Å². The summed E-state index contributed by atoms with van der Waals surface area (Å²) in [5.41, 5.74) is 1.35. The number of hydrogen-bond acceptors (Lipinski definition) is 5. The van der Waals surface area contributed by atoms with Gasteiger partial charge in [-0.05, 0) is 104 Å². The molecule has 0 amide bonds. The third-order valence-corrected chi connectivity index (χ3v) is 25.8. The average Bonchev–Trinajstić information content (AvgIpc) is 3.28. The second-order valence-corrected chi connectivity index (χ2v) is 33.6. The summed E-state index contributed by atoms with van der Waals surface area (Å²) in [4.78, 5) is 11.7. The van der Waals surface area contributed by atoms with Crippen LogP contribution in [0.1, 0.15) is 106 Å². The Labute approximate surface area is 311 Å². The SMILES string of the molecule is COC(=O)CCC/C=C\C[C@H]1C(O[Si](C)(C)C(C)(C)C)C[C@H](O[Si](C)(C)C(C)(C)C)[C@@H]1/C=C/[C@H](CCc1ccccc1)O[Si](C)(C)C(C)(C)C. The molecule has 0 saturated heterocycles. The van der Waals surface area contributed by atoms with Gasteiger partial charge < -0.3 is 18.0 Å². The fourth-order valence-corrected chi connectivity index (χ4v) is 9.88. The molecule has 5 atom stereocenters. The summed E-state index contributed by atoms with van der Waals surface area (Å²) in [5, 5.41) is 0.347. The predicted molar refractivity (Wildman–Crippen MR) is 221 cm³/mol. The van der Waals surface area contributed by atoms with Gasteiger partial charge >= 0.3 is 5.97 Å². The van der Waals surface area contributed by atoms with Crippen LogP contribution in [0.3, 0.4) is 0 Å². The molecule has 1 aromatic carbocycles. The summed E-state index contributed by atoms with van der Waals surface area (Å²) in [7, 11) is -4.70. The number of carbonyl (C=O) groups is 1. The number of hydrogen-bond donors (Lipinski definition) is 0. The zero-order valence-electron chi connectivity index (χ0n) is 35.1. The van der Waals surface area contributed by atoms with Crippen LogP contribution in [0.4, 0.5) is 0 Å². The van der Waals surface area contributed by atoms with Crippen molar-refractivity contribution in [2.75, 3.05) is 7.11 Å². The van der Waals surface area contributed by atoms with Gasteiger partial charge in [-0.2, -0.15) is 0 Å². The summed E-state index contributed by atoms with van der Waals surface area (Å²) in [6, 6.07) is 10.8. The number of methoxy groups -OCH3 is 1. The number of allylic oxidation sites excluding steroid dienone is 2. The Morgan fingerprint density at radius 1 is 0.800 bits per heavy atom. The first kappa shape index (κ1) is 44.9. The predicted octanol–water partition coefficient (Wildman–Crippen LogP) is 12.3. The Morgan fingerprint density at radius 3 is 1.86 bits per heavy atom. The molecule has 1 saturated carbocycles. The number of unbranched alkanes of at least 4 members (excludes halogenated alkanes) is 1. The van der Waals surface area contributed by atoms with Crippen LogP contribution in [-0.4, -0.2) is 56.3 Å². The van der Waals surface area contributed by atoms with Gasteiger partial charge in [0.2, 0.25) is 0 Å². The lowest BCUT2D eigenvalue weighted by Gasteiger charge is -2.40. The lowest BCUT2D eigenvalue weighted by molar-refractivity contribution is -0.140. The third-order valence-electron chi connectivity index (χ3n) is 12.3. The standard InChI is InChI=1S/C42H76O5Si3/c1-40(2,3)48(11,12)45-34(29-28-33-24-20-19-21-25-33)30-31-36-35(26-22-17-18-23-27-39(43)44-10)37(46-49(13,14)41(4,5)6)32-38(36)47-50(15,16)42(7,8)9/h17,19-22,24-25,30-31,34-38H,18,23,26-29,32H2,1-16H3/b22-17-,31-30+/t34-,35+,36+,37?,38-/m0/s1. The minimum Gasteiger partial charge on any atom is -0.469 e. The van der Waals surface area contributed by atoms with E-state index < -0.39 is 25.0 Å². The molecule has 286 valence electrons. The quantitative estimate of drug-likeness (QED) is 0.0688. The summed E-state index contributed by atoms with van der Waals surface area (Å²) in [6.45, 7) is 35.3. The first-order valence-electron chi connectivity index (χ1n) is 19.3. The van der Waals surface area contributed by atoms with Gasteiger partial charge in [-0.25, -0.2) is 0 Å². The summed E-state index contributed by atoms with van der Waals surface area (Å²) >= 11 is 0. The highest BCUT2D eigenvalue weighted by Gasteiger charge is 2.50. The maximum Gasteiger partial charge on any atom is 0.305 e. The summed E-state index contributed by atoms with van der Waals surface area (Å²) in [5.74, 6) is 0.352. The molecule has 0 aliphatic heterocycles. The Morgan fingerprint density at radius 2 is 1.34 bits per heavy atom. The molecule has 1 unspecified atom stereocenters. The third kappa shape index (κ3) is 13.3. The van der Waals surface area contributed by atoms with Crippen molar-refractivity contribution in [1.29, 1.82) is 0 Å². The number of esters is 1. The van der Waals surface area contributed by atoms with Crippen molar-refractivity contribution in [3.8, 4) is 0 Å². The van der Waals surface area contributed by atoms with Crippen molar-refractivity contribution < 1.29 is 22.8 Å². The van der Waals surface area contributed by atoms with E-state index in [4.69, 9.17) is 18.0 Å². The van der Waals surface area contributed by atoms with Crippen LogP contribution >= 0.6 is 0 Å². The van der Waals surface area contributed by atoms with E-state index in [0.29, 0.717) is 6.42 Å². The lowest BCUT2D eigenvalue weighted by Crippen LogP contribution is -2.45. The maximum atomic E-state index is 11.7. The van der Waals surface area contributed by atoms with Gasteiger partial charge in [-0.15, -0.1) is 0 Å². The Kier molecular flexibility index (Phi) is 16.3. The molecular formula is C42H76O5Si3. The molecule has 1 aliphatic carbocycles. The van der Waals surface area contributed by atoms with Crippen LogP contribution in [-0.2, 0) is 29.2 Å². The monoisotopic (exact) mass is 745 g/mol. The molecule has 1 aromatic rings. The van der Waals surface area contributed by atoms with Gasteiger partial charge in [0.05, 0.1) is 25.4 Å². The van der Waals surface area contributed by atoms with Crippen molar-refractivity contribution in [1.82, 2.24) is 0 Å². The van der Waals surface area contributed by atoms with Crippen LogP contribution in [0.2, 0.25) is 54.4 Å². The molecule has 1 aliphatic rings. The van der Waals surface area contributed by atoms with Crippen molar-refractivity contribution in [2.45, 2.75) is 180 Å². The maximum absolute atomic E-state index is 11.7. The van der Waals surface area contributed by atoms with Gasteiger partial charge in [-0.1, -0.05) is 117 Å². The van der Waals surface area contributed by atoms with E-state index in [1.54, 1.807) is 0 Å². The lowest BCUT2D eigenvalue weighted by atomic mass is 9.89. The van der Waals surface area contributed by atoms with E-state index in [2.05, 4.69) is 156 Å². The second-order valence-electron chi connectivity index (χ2n) is 19.3. The van der Waals surface area contributed by atoms with Crippen molar-refractivity contribution in [2.24, 2.45) is 11.8 Å². The second kappa shape index (κ2) is 18.2. The van der Waals surface area contributed by atoms with Gasteiger partial charge in [0.25, 0.3) is 0 Å². The number of ether oxygens (including phenoxy) is 1. The van der Waals surface area contributed by atoms with Gasteiger partial charge in [-0.3, -0.25) is 4.79 Å². The van der Waals surface area contributed by atoms with Gasteiger partial charge in [0.1, 0.15) is 0 Å². The highest BCUT2D eigenvalue weighted by molar-refractivity contribution is 6.75. The molecule has 0 aromatic heterocycles. The fraction of sp³-hybridized carbons (Fsp3) is 0.738. The minimum atomic E-state index is -2.07. The highest BCUT2D eigenvalue weighted by Crippen LogP contribution is 2.48. The molecule has 8 heteroatoms. The van der Waals surface area contributed by atoms with E-state index in [0.717, 1.165) is 38.5 Å². The molecule has 2 rings (SSSR count). The summed E-state index contributed by atoms with van der Waals surface area (Å²) in [6.07, 6.45) is 15.6. The Hall–Kier alpha value is -1.30. The Balaban J connectivity index is 2.57. The van der Waals surface area contributed by atoms with Gasteiger partial charge in [0.15, 0.2) is 25.0 Å². The van der Waals surface area contributed by atoms with Crippen LogP contribution in [0, 0.1) is 11.8 Å². The number of rotatable bonds is 17. The zero-order valence-corrected chi connectivity index (χ0v) is 38.1. The normalized spacial score (nSPS) is 22.1. The molecule has 0 radical (unpaired) electrons. The number of aryl methyl sites for hydroxylation is 1. The van der Waals surface area contributed by atoms with Crippen LogP contribution in [0.5, 0.6) is 0 Å². The van der Waals surface area contributed by atoms with E-state index >= 15 is 0 Å². The molecule has 0 N–H and O–H groups in total. The number of carbonyl (C=O) groups excluding carboxylic acids is 1. The largest absolute Gasteiger partial charge is 0.469 e. The molecule has 1 fully saturated rings. The molecule has 5 nitrogen and oxygen atoms in total. The highest BCUT2D eigenvalue weighted by atomic mass is 28.4. The topological polar surface area (TPSA) is 54.0 Å². The molecule has 0 heterocycles.